The van der Waals surface area contributed by atoms with E-state index in [1.165, 1.54) is 0 Å². The van der Waals surface area contributed by atoms with Crippen LogP contribution in [0.2, 0.25) is 0 Å². The maximum Gasteiger partial charge on any atom is 0.255 e. The van der Waals surface area contributed by atoms with E-state index in [9.17, 15) is 4.79 Å². The van der Waals surface area contributed by atoms with E-state index in [4.69, 9.17) is 10.5 Å². The summed E-state index contributed by atoms with van der Waals surface area (Å²) in [6, 6.07) is 7.31. The van der Waals surface area contributed by atoms with Crippen molar-refractivity contribution >= 4 is 17.6 Å². The molecule has 7 nitrogen and oxygen atoms in total. The van der Waals surface area contributed by atoms with E-state index in [0.717, 1.165) is 42.6 Å². The third-order valence-corrected chi connectivity index (χ3v) is 3.75. The fraction of sp³-hybridized carbons (Fsp3) is 0.312. The number of ether oxygens (including phenoxy) is 1. The summed E-state index contributed by atoms with van der Waals surface area (Å²) in [5.41, 5.74) is 8.11. The predicted octanol–water partition coefficient (Wildman–Crippen LogP) is 1.72. The maximum atomic E-state index is 12.1. The first-order valence-electron chi connectivity index (χ1n) is 7.53. The zero-order chi connectivity index (χ0) is 16.2. The molecule has 0 amide bonds. The number of aromatic amines is 1. The fourth-order valence-electron chi connectivity index (χ4n) is 2.63. The van der Waals surface area contributed by atoms with Crippen LogP contribution in [-0.2, 0) is 12.8 Å². The highest BCUT2D eigenvalue weighted by Gasteiger charge is 2.15. The zero-order valence-corrected chi connectivity index (χ0v) is 12.9. The van der Waals surface area contributed by atoms with Crippen LogP contribution in [0.15, 0.2) is 34.1 Å². The molecule has 4 N–H and O–H groups in total. The van der Waals surface area contributed by atoms with Gasteiger partial charge in [0.2, 0.25) is 11.9 Å². The summed E-state index contributed by atoms with van der Waals surface area (Å²) in [5.74, 6) is 1.09. The van der Waals surface area contributed by atoms with Gasteiger partial charge in [0.15, 0.2) is 0 Å². The van der Waals surface area contributed by atoms with Crippen LogP contribution in [0.4, 0.5) is 11.6 Å². The highest BCUT2D eigenvalue weighted by Crippen LogP contribution is 2.18. The highest BCUT2D eigenvalue weighted by molar-refractivity contribution is 5.93. The number of aryl methyl sites for hydroxylation is 1. The molecular weight excluding hydrogens is 294 g/mol. The molecule has 1 aromatic heterocycles. The van der Waals surface area contributed by atoms with Crippen molar-refractivity contribution in [3.63, 3.8) is 0 Å². The maximum absolute atomic E-state index is 12.1. The number of aliphatic imine (C=N–C) groups is 1. The zero-order valence-electron chi connectivity index (χ0n) is 12.9. The number of aromatic nitrogens is 2. The van der Waals surface area contributed by atoms with Crippen LogP contribution in [0.1, 0.15) is 24.1 Å². The van der Waals surface area contributed by atoms with Gasteiger partial charge >= 0.3 is 0 Å². The van der Waals surface area contributed by atoms with Gasteiger partial charge in [-0.3, -0.25) is 9.78 Å². The fourth-order valence-corrected chi connectivity index (χ4v) is 2.63. The van der Waals surface area contributed by atoms with Crippen molar-refractivity contribution in [1.29, 1.82) is 0 Å². The number of nitrogens with one attached hydrogen (secondary N) is 2. The Morgan fingerprint density at radius 3 is 3.04 bits per heavy atom. The van der Waals surface area contributed by atoms with Crippen LogP contribution in [0.25, 0.3) is 0 Å². The second kappa shape index (κ2) is 6.51. The molecule has 23 heavy (non-hydrogen) atoms. The summed E-state index contributed by atoms with van der Waals surface area (Å²) in [7, 11) is 1.60. The molecule has 2 aromatic rings. The standard InChI is InChI=1S/C16H19N5O2/c1-23-11-6-4-5-10(9-11)18-15(17)21-16-19-13-8-3-2-7-12(13)14(22)20-16/h4-6,9H,2-3,7-8H2,1H3,(H4,17,18,19,20,21,22). The average molecular weight is 313 g/mol. The monoisotopic (exact) mass is 313 g/mol. The summed E-state index contributed by atoms with van der Waals surface area (Å²) in [6.07, 6.45) is 3.66. The Balaban J connectivity index is 1.83. The molecule has 0 spiro atoms. The molecule has 1 aliphatic carbocycles. The van der Waals surface area contributed by atoms with Crippen molar-refractivity contribution in [1.82, 2.24) is 9.97 Å². The van der Waals surface area contributed by atoms with Gasteiger partial charge in [-0.25, -0.2) is 4.98 Å². The lowest BCUT2D eigenvalue weighted by atomic mass is 9.97. The first kappa shape index (κ1) is 15.1. The van der Waals surface area contributed by atoms with E-state index >= 15 is 0 Å². The van der Waals surface area contributed by atoms with Crippen molar-refractivity contribution in [3.8, 4) is 5.75 Å². The van der Waals surface area contributed by atoms with Gasteiger partial charge in [-0.2, -0.15) is 4.99 Å². The Morgan fingerprint density at radius 2 is 2.22 bits per heavy atom. The lowest BCUT2D eigenvalue weighted by Crippen LogP contribution is -2.24. The topological polar surface area (TPSA) is 105 Å². The van der Waals surface area contributed by atoms with E-state index in [1.54, 1.807) is 13.2 Å². The van der Waals surface area contributed by atoms with Crippen molar-refractivity contribution in [2.45, 2.75) is 25.7 Å². The molecular formula is C16H19N5O2. The number of rotatable bonds is 3. The molecule has 0 saturated carbocycles. The first-order valence-corrected chi connectivity index (χ1v) is 7.53. The Bertz CT molecular complexity index is 797. The van der Waals surface area contributed by atoms with Gasteiger partial charge in [0, 0.05) is 17.3 Å². The molecule has 1 aromatic carbocycles. The Kier molecular flexibility index (Phi) is 4.27. The van der Waals surface area contributed by atoms with E-state index in [0.29, 0.717) is 5.75 Å². The van der Waals surface area contributed by atoms with Gasteiger partial charge in [0.1, 0.15) is 5.75 Å². The van der Waals surface area contributed by atoms with E-state index < -0.39 is 0 Å². The molecule has 1 aliphatic rings. The summed E-state index contributed by atoms with van der Waals surface area (Å²) >= 11 is 0. The minimum absolute atomic E-state index is 0.123. The number of methoxy groups -OCH3 is 1. The number of nitrogens with zero attached hydrogens (tertiary/aromatic N) is 2. The highest BCUT2D eigenvalue weighted by atomic mass is 16.5. The van der Waals surface area contributed by atoms with Gasteiger partial charge in [0.25, 0.3) is 5.56 Å². The molecule has 120 valence electrons. The second-order valence-corrected chi connectivity index (χ2v) is 5.38. The number of hydrogen-bond donors (Lipinski definition) is 3. The van der Waals surface area contributed by atoms with Crippen molar-refractivity contribution < 1.29 is 4.74 Å². The Labute approximate surface area is 133 Å². The van der Waals surface area contributed by atoms with Gasteiger partial charge < -0.3 is 15.8 Å². The largest absolute Gasteiger partial charge is 0.497 e. The van der Waals surface area contributed by atoms with Crippen LogP contribution < -0.4 is 21.3 Å². The molecule has 0 radical (unpaired) electrons. The SMILES string of the molecule is COc1cccc(N/C(N)=N/c2nc3c(c(=O)[nH]2)CCCC3)c1. The molecule has 0 aliphatic heterocycles. The molecule has 7 heteroatoms. The summed E-state index contributed by atoms with van der Waals surface area (Å²) in [6.45, 7) is 0. The summed E-state index contributed by atoms with van der Waals surface area (Å²) < 4.78 is 5.15. The lowest BCUT2D eigenvalue weighted by molar-refractivity contribution is 0.415. The third kappa shape index (κ3) is 3.50. The number of hydrogen-bond acceptors (Lipinski definition) is 4. The van der Waals surface area contributed by atoms with E-state index in [1.807, 2.05) is 18.2 Å². The van der Waals surface area contributed by atoms with Crippen LogP contribution >= 0.6 is 0 Å². The number of H-pyrrole nitrogens is 1. The van der Waals surface area contributed by atoms with E-state index in [2.05, 4.69) is 20.3 Å². The van der Waals surface area contributed by atoms with Crippen molar-refractivity contribution in [3.05, 3.63) is 45.9 Å². The molecule has 3 rings (SSSR count). The first-order chi connectivity index (χ1) is 11.2. The minimum atomic E-state index is -0.123. The van der Waals surface area contributed by atoms with Crippen molar-refractivity contribution in [2.24, 2.45) is 10.7 Å². The van der Waals surface area contributed by atoms with E-state index in [-0.39, 0.29) is 17.5 Å². The summed E-state index contributed by atoms with van der Waals surface area (Å²) in [5, 5.41) is 2.95. The molecule has 0 bridgehead atoms. The molecule has 0 fully saturated rings. The van der Waals surface area contributed by atoms with Gasteiger partial charge in [0.05, 0.1) is 12.8 Å². The molecule has 1 heterocycles. The van der Waals surface area contributed by atoms with Gasteiger partial charge in [-0.15, -0.1) is 0 Å². The Hall–Kier alpha value is -2.83. The van der Waals surface area contributed by atoms with Crippen LogP contribution in [0, 0.1) is 0 Å². The smallest absolute Gasteiger partial charge is 0.255 e. The van der Waals surface area contributed by atoms with Crippen LogP contribution in [0.3, 0.4) is 0 Å². The van der Waals surface area contributed by atoms with Gasteiger partial charge in [-0.05, 0) is 37.8 Å². The number of anilines is 1. The number of fused-ring (bicyclic) bond motifs is 1. The molecule has 0 saturated heterocycles. The van der Waals surface area contributed by atoms with Crippen molar-refractivity contribution in [2.75, 3.05) is 12.4 Å². The average Bonchev–Trinajstić information content (AvgIpc) is 2.55. The number of guanidine groups is 1. The van der Waals surface area contributed by atoms with Crippen LogP contribution in [0.5, 0.6) is 5.75 Å². The van der Waals surface area contributed by atoms with Crippen LogP contribution in [-0.4, -0.2) is 23.0 Å². The lowest BCUT2D eigenvalue weighted by Gasteiger charge is -2.13. The normalized spacial score (nSPS) is 14.2. The Morgan fingerprint density at radius 1 is 1.39 bits per heavy atom. The number of benzene rings is 1. The third-order valence-electron chi connectivity index (χ3n) is 3.75. The number of nitrogens with two attached hydrogens (primary N) is 1. The summed E-state index contributed by atoms with van der Waals surface area (Å²) in [4.78, 5) is 23.3. The minimum Gasteiger partial charge on any atom is -0.497 e. The predicted molar refractivity (Wildman–Crippen MR) is 89.4 cm³/mol. The second-order valence-electron chi connectivity index (χ2n) is 5.38. The molecule has 0 atom stereocenters. The quantitative estimate of drug-likeness (QED) is 0.591. The van der Waals surface area contributed by atoms with Gasteiger partial charge in [-0.1, -0.05) is 6.07 Å². The molecule has 0 unspecified atom stereocenters.